The number of hydrogen-bond acceptors (Lipinski definition) is 6. The number of anilines is 1. The van der Waals surface area contributed by atoms with Gasteiger partial charge in [0.2, 0.25) is 5.91 Å². The van der Waals surface area contributed by atoms with Crippen LogP contribution in [0.5, 0.6) is 0 Å². The van der Waals surface area contributed by atoms with E-state index >= 15 is 0 Å². The zero-order valence-electron chi connectivity index (χ0n) is 16.0. The molecular weight excluding hydrogens is 370 g/mol. The fourth-order valence-electron chi connectivity index (χ4n) is 3.94. The van der Waals surface area contributed by atoms with Crippen molar-refractivity contribution in [2.24, 2.45) is 0 Å². The van der Waals surface area contributed by atoms with E-state index in [4.69, 9.17) is 15.6 Å². The molecule has 148 valence electrons. The number of hydrogen-bond donors (Lipinski definition) is 2. The Hall–Kier alpha value is -3.46. The number of nitrogens with zero attached hydrogens (tertiary/aromatic N) is 5. The largest absolute Gasteiger partial charge is 0.383 e. The van der Waals surface area contributed by atoms with Crippen LogP contribution in [0.25, 0.3) is 33.1 Å². The number of benzene rings is 1. The number of nitrogens with two attached hydrogens (primary N) is 1. The Kier molecular flexibility index (Phi) is 4.17. The summed E-state index contributed by atoms with van der Waals surface area (Å²) in [5.74, 6) is 0.483. The summed E-state index contributed by atoms with van der Waals surface area (Å²) in [5.41, 5.74) is 9.72. The zero-order valence-corrected chi connectivity index (χ0v) is 16.0. The van der Waals surface area contributed by atoms with E-state index < -0.39 is 0 Å². The average Bonchev–Trinajstić information content (AvgIpc) is 3.38. The molecule has 1 aromatic carbocycles. The Morgan fingerprint density at radius 1 is 1.34 bits per heavy atom. The molecule has 3 aromatic heterocycles. The molecule has 0 bridgehead atoms. The molecule has 1 atom stereocenters. The predicted molar refractivity (Wildman–Crippen MR) is 109 cm³/mol. The van der Waals surface area contributed by atoms with Crippen LogP contribution in [0.2, 0.25) is 0 Å². The SMILES string of the molecule is CC(=O)N1CCOCC1Cn1cc2c(N)nc3cc(-c4ccn[nH]4)ccc3c2n1. The monoisotopic (exact) mass is 391 g/mol. The lowest BCUT2D eigenvalue weighted by Gasteiger charge is -2.34. The Balaban J connectivity index is 1.54. The number of ether oxygens (including phenoxy) is 1. The minimum Gasteiger partial charge on any atom is -0.383 e. The van der Waals surface area contributed by atoms with E-state index in [2.05, 4.69) is 15.2 Å². The predicted octanol–water partition coefficient (Wildman–Crippen LogP) is 1.80. The van der Waals surface area contributed by atoms with Crippen molar-refractivity contribution in [1.29, 1.82) is 0 Å². The zero-order chi connectivity index (χ0) is 20.0. The first kappa shape index (κ1) is 17.6. The molecule has 3 N–H and O–H groups in total. The summed E-state index contributed by atoms with van der Waals surface area (Å²) in [6.07, 6.45) is 3.61. The first-order chi connectivity index (χ1) is 14.1. The van der Waals surface area contributed by atoms with Crippen LogP contribution in [-0.2, 0) is 16.1 Å². The molecule has 1 aliphatic heterocycles. The number of pyridine rings is 1. The maximum Gasteiger partial charge on any atom is 0.219 e. The lowest BCUT2D eigenvalue weighted by Crippen LogP contribution is -2.49. The molecule has 0 saturated carbocycles. The van der Waals surface area contributed by atoms with Crippen molar-refractivity contribution in [3.8, 4) is 11.3 Å². The highest BCUT2D eigenvalue weighted by molar-refractivity contribution is 6.08. The number of morpholine rings is 1. The number of amides is 1. The first-order valence-corrected chi connectivity index (χ1v) is 9.51. The number of fused-ring (bicyclic) bond motifs is 3. The number of aromatic amines is 1. The van der Waals surface area contributed by atoms with Gasteiger partial charge in [0.1, 0.15) is 11.3 Å². The molecular formula is C20H21N7O2. The minimum absolute atomic E-state index is 0.0491. The number of aromatic nitrogens is 5. The van der Waals surface area contributed by atoms with Crippen molar-refractivity contribution in [3.63, 3.8) is 0 Å². The third-order valence-electron chi connectivity index (χ3n) is 5.37. The van der Waals surface area contributed by atoms with Crippen molar-refractivity contribution in [1.82, 2.24) is 29.9 Å². The van der Waals surface area contributed by atoms with Crippen LogP contribution in [0, 0.1) is 0 Å². The van der Waals surface area contributed by atoms with Crippen LogP contribution < -0.4 is 5.73 Å². The Morgan fingerprint density at radius 3 is 3.03 bits per heavy atom. The maximum atomic E-state index is 11.9. The Morgan fingerprint density at radius 2 is 2.24 bits per heavy atom. The number of carbonyl (C=O) groups excluding carboxylic acids is 1. The van der Waals surface area contributed by atoms with Crippen LogP contribution in [-0.4, -0.2) is 61.6 Å². The molecule has 0 spiro atoms. The molecule has 1 aliphatic rings. The normalized spacial score (nSPS) is 17.3. The first-order valence-electron chi connectivity index (χ1n) is 9.51. The lowest BCUT2D eigenvalue weighted by molar-refractivity contribution is -0.138. The van der Waals surface area contributed by atoms with Gasteiger partial charge in [-0.05, 0) is 18.2 Å². The van der Waals surface area contributed by atoms with Crippen molar-refractivity contribution in [2.45, 2.75) is 19.5 Å². The summed E-state index contributed by atoms with van der Waals surface area (Å²) in [4.78, 5) is 18.4. The van der Waals surface area contributed by atoms with Gasteiger partial charge in [0.25, 0.3) is 0 Å². The lowest BCUT2D eigenvalue weighted by atomic mass is 10.1. The van der Waals surface area contributed by atoms with Gasteiger partial charge in [-0.3, -0.25) is 14.6 Å². The van der Waals surface area contributed by atoms with Crippen LogP contribution >= 0.6 is 0 Å². The van der Waals surface area contributed by atoms with E-state index in [1.165, 1.54) is 0 Å². The third kappa shape index (κ3) is 3.09. The molecule has 0 aliphatic carbocycles. The molecule has 0 radical (unpaired) electrons. The quantitative estimate of drug-likeness (QED) is 0.550. The van der Waals surface area contributed by atoms with E-state index in [1.54, 1.807) is 13.1 Å². The molecule has 1 amide bonds. The summed E-state index contributed by atoms with van der Waals surface area (Å²) < 4.78 is 7.40. The molecule has 1 saturated heterocycles. The molecule has 9 nitrogen and oxygen atoms in total. The van der Waals surface area contributed by atoms with E-state index in [0.29, 0.717) is 32.1 Å². The van der Waals surface area contributed by atoms with Gasteiger partial charge >= 0.3 is 0 Å². The summed E-state index contributed by atoms with van der Waals surface area (Å²) in [6.45, 7) is 3.80. The minimum atomic E-state index is -0.0528. The maximum absolute atomic E-state index is 11.9. The summed E-state index contributed by atoms with van der Waals surface area (Å²) in [5, 5.41) is 13.5. The molecule has 1 unspecified atom stereocenters. The second kappa shape index (κ2) is 6.85. The fraction of sp³-hybridized carbons (Fsp3) is 0.300. The van der Waals surface area contributed by atoms with Gasteiger partial charge in [-0.25, -0.2) is 4.98 Å². The smallest absolute Gasteiger partial charge is 0.219 e. The van der Waals surface area contributed by atoms with Crippen LogP contribution in [0.1, 0.15) is 6.92 Å². The van der Waals surface area contributed by atoms with Crippen LogP contribution in [0.15, 0.2) is 36.7 Å². The van der Waals surface area contributed by atoms with Gasteiger partial charge in [0.15, 0.2) is 0 Å². The van der Waals surface area contributed by atoms with E-state index in [0.717, 1.165) is 33.1 Å². The second-order valence-corrected chi connectivity index (χ2v) is 7.25. The highest BCUT2D eigenvalue weighted by Crippen LogP contribution is 2.30. The van der Waals surface area contributed by atoms with Crippen molar-refractivity contribution in [2.75, 3.05) is 25.5 Å². The third-order valence-corrected chi connectivity index (χ3v) is 5.37. The number of nitrogens with one attached hydrogen (secondary N) is 1. The number of rotatable bonds is 3. The second-order valence-electron chi connectivity index (χ2n) is 7.25. The highest BCUT2D eigenvalue weighted by atomic mass is 16.5. The average molecular weight is 391 g/mol. The highest BCUT2D eigenvalue weighted by Gasteiger charge is 2.26. The number of carbonyl (C=O) groups is 1. The van der Waals surface area contributed by atoms with Crippen LogP contribution in [0.3, 0.4) is 0 Å². The van der Waals surface area contributed by atoms with Gasteiger partial charge in [0.05, 0.1) is 42.4 Å². The molecule has 1 fully saturated rings. The van der Waals surface area contributed by atoms with E-state index in [1.807, 2.05) is 40.0 Å². The van der Waals surface area contributed by atoms with Crippen LogP contribution in [0.4, 0.5) is 5.82 Å². The van der Waals surface area contributed by atoms with Gasteiger partial charge < -0.3 is 15.4 Å². The van der Waals surface area contributed by atoms with Gasteiger partial charge in [-0.2, -0.15) is 10.2 Å². The standard InChI is InChI=1S/C20H21N7O2/c1-12(28)27-6-7-29-11-14(27)9-26-10-16-19(25-26)15-3-2-13(17-4-5-22-24-17)8-18(15)23-20(16)21/h2-5,8,10,14H,6-7,9,11H2,1H3,(H2,21,23)(H,22,24). The summed E-state index contributed by atoms with van der Waals surface area (Å²) in [7, 11) is 0. The topological polar surface area (TPSA) is 115 Å². The molecule has 9 heteroatoms. The van der Waals surface area contributed by atoms with Crippen molar-refractivity contribution in [3.05, 3.63) is 36.7 Å². The molecule has 4 heterocycles. The Bertz CT molecular complexity index is 1200. The number of H-pyrrole nitrogens is 1. The molecule has 4 aromatic rings. The molecule has 5 rings (SSSR count). The summed E-state index contributed by atoms with van der Waals surface area (Å²) >= 11 is 0. The summed E-state index contributed by atoms with van der Waals surface area (Å²) in [6, 6.07) is 7.85. The van der Waals surface area contributed by atoms with Crippen molar-refractivity contribution >= 4 is 33.5 Å². The van der Waals surface area contributed by atoms with Gasteiger partial charge in [-0.1, -0.05) is 6.07 Å². The Labute approximate surface area is 166 Å². The van der Waals surface area contributed by atoms with Gasteiger partial charge in [0, 0.05) is 36.8 Å². The van der Waals surface area contributed by atoms with E-state index in [-0.39, 0.29) is 11.9 Å². The van der Waals surface area contributed by atoms with Crippen molar-refractivity contribution < 1.29 is 9.53 Å². The van der Waals surface area contributed by atoms with Gasteiger partial charge in [-0.15, -0.1) is 0 Å². The number of nitrogen functional groups attached to an aromatic ring is 1. The molecule has 29 heavy (non-hydrogen) atoms. The fourth-order valence-corrected chi connectivity index (χ4v) is 3.94. The van der Waals surface area contributed by atoms with E-state index in [9.17, 15) is 4.79 Å².